The zero-order valence-electron chi connectivity index (χ0n) is 10.4. The van der Waals surface area contributed by atoms with Crippen molar-refractivity contribution in [1.29, 1.82) is 0 Å². The summed E-state index contributed by atoms with van der Waals surface area (Å²) < 4.78 is 0. The third kappa shape index (κ3) is 1.42. The molecule has 1 atom stereocenters. The molecule has 0 nitrogen and oxygen atoms in total. The van der Waals surface area contributed by atoms with Crippen LogP contribution in [0.2, 0.25) is 0 Å². The zero-order chi connectivity index (χ0) is 11.1. The summed E-state index contributed by atoms with van der Waals surface area (Å²) in [4.78, 5) is 0. The molecule has 1 aromatic carbocycles. The normalized spacial score (nSPS) is 24.6. The Balaban J connectivity index is 2.59. The van der Waals surface area contributed by atoms with E-state index in [1.54, 1.807) is 11.1 Å². The van der Waals surface area contributed by atoms with Crippen LogP contribution in [0.5, 0.6) is 0 Å². The van der Waals surface area contributed by atoms with E-state index in [0.717, 1.165) is 5.92 Å². The zero-order valence-corrected chi connectivity index (χ0v) is 10.4. The highest BCUT2D eigenvalue weighted by Crippen LogP contribution is 2.47. The highest BCUT2D eigenvalue weighted by Gasteiger charge is 2.40. The molecule has 0 bridgehead atoms. The highest BCUT2D eigenvalue weighted by atomic mass is 14.4. The first-order chi connectivity index (χ1) is 7.12. The maximum absolute atomic E-state index is 2.38. The van der Waals surface area contributed by atoms with Crippen LogP contribution in [0, 0.1) is 12.8 Å². The van der Waals surface area contributed by atoms with Crippen molar-refractivity contribution in [3.63, 3.8) is 0 Å². The fraction of sp³-hybridized carbons (Fsp3) is 0.600. The van der Waals surface area contributed by atoms with Gasteiger partial charge in [0.1, 0.15) is 0 Å². The molecule has 0 N–H and O–H groups in total. The van der Waals surface area contributed by atoms with Gasteiger partial charge in [-0.05, 0) is 54.2 Å². The van der Waals surface area contributed by atoms with Gasteiger partial charge in [-0.15, -0.1) is 0 Å². The molecule has 0 saturated carbocycles. The number of fused-ring (bicyclic) bond motifs is 1. The monoisotopic (exact) mass is 202 g/mol. The average Bonchev–Trinajstić information content (AvgIpc) is 2.59. The second kappa shape index (κ2) is 3.66. The summed E-state index contributed by atoms with van der Waals surface area (Å²) in [5.41, 5.74) is 5.23. The van der Waals surface area contributed by atoms with Gasteiger partial charge in [0, 0.05) is 0 Å². The Bertz CT molecular complexity index is 362. The van der Waals surface area contributed by atoms with Crippen LogP contribution in [0.25, 0.3) is 0 Å². The Labute approximate surface area is 93.7 Å². The lowest BCUT2D eigenvalue weighted by atomic mass is 9.69. The molecular formula is C15H22. The maximum Gasteiger partial charge on any atom is -0.00181 e. The smallest absolute Gasteiger partial charge is 0.00181 e. The third-order valence-corrected chi connectivity index (χ3v) is 4.43. The van der Waals surface area contributed by atoms with Crippen LogP contribution in [0.15, 0.2) is 18.2 Å². The van der Waals surface area contributed by atoms with Crippen LogP contribution in [-0.4, -0.2) is 0 Å². The molecule has 0 saturated heterocycles. The largest absolute Gasteiger partial charge is 0.0645 e. The number of hydrogen-bond donors (Lipinski definition) is 0. The van der Waals surface area contributed by atoms with Crippen LogP contribution >= 0.6 is 0 Å². The fourth-order valence-electron chi connectivity index (χ4n) is 3.47. The summed E-state index contributed by atoms with van der Waals surface area (Å²) in [6.07, 6.45) is 3.91. The van der Waals surface area contributed by atoms with E-state index in [9.17, 15) is 0 Å². The van der Waals surface area contributed by atoms with E-state index in [4.69, 9.17) is 0 Å². The first-order valence-electron chi connectivity index (χ1n) is 6.21. The molecule has 1 aliphatic rings. The summed E-state index contributed by atoms with van der Waals surface area (Å²) >= 11 is 0. The summed E-state index contributed by atoms with van der Waals surface area (Å²) in [5, 5.41) is 0. The number of hydrogen-bond acceptors (Lipinski definition) is 0. The lowest BCUT2D eigenvalue weighted by Crippen LogP contribution is -2.29. The molecule has 15 heavy (non-hydrogen) atoms. The van der Waals surface area contributed by atoms with Crippen LogP contribution in [0.3, 0.4) is 0 Å². The van der Waals surface area contributed by atoms with E-state index in [0.29, 0.717) is 5.41 Å². The second-order valence-corrected chi connectivity index (χ2v) is 5.27. The van der Waals surface area contributed by atoms with E-state index >= 15 is 0 Å². The van der Waals surface area contributed by atoms with E-state index in [2.05, 4.69) is 45.9 Å². The Kier molecular flexibility index (Phi) is 2.62. The molecule has 0 aromatic heterocycles. The van der Waals surface area contributed by atoms with Crippen molar-refractivity contribution >= 4 is 0 Å². The average molecular weight is 202 g/mol. The highest BCUT2D eigenvalue weighted by molar-refractivity contribution is 5.45. The van der Waals surface area contributed by atoms with E-state index in [-0.39, 0.29) is 0 Å². The van der Waals surface area contributed by atoms with Gasteiger partial charge in [0.2, 0.25) is 0 Å². The van der Waals surface area contributed by atoms with Crippen molar-refractivity contribution in [3.05, 3.63) is 34.9 Å². The SMILES string of the molecule is CCC1(C(C)C)CCc2cccc(C)c21. The molecule has 0 aliphatic heterocycles. The first-order valence-corrected chi connectivity index (χ1v) is 6.21. The van der Waals surface area contributed by atoms with Gasteiger partial charge in [-0.1, -0.05) is 39.0 Å². The number of rotatable bonds is 2. The second-order valence-electron chi connectivity index (χ2n) is 5.27. The Morgan fingerprint density at radius 1 is 1.33 bits per heavy atom. The predicted octanol–water partition coefficient (Wildman–Crippen LogP) is 4.25. The lowest BCUT2D eigenvalue weighted by molar-refractivity contribution is 0.293. The van der Waals surface area contributed by atoms with Crippen molar-refractivity contribution in [3.8, 4) is 0 Å². The van der Waals surface area contributed by atoms with Crippen LogP contribution < -0.4 is 0 Å². The molecule has 1 aromatic rings. The molecule has 0 radical (unpaired) electrons. The van der Waals surface area contributed by atoms with Crippen molar-refractivity contribution < 1.29 is 0 Å². The number of aryl methyl sites for hydroxylation is 2. The van der Waals surface area contributed by atoms with Crippen molar-refractivity contribution in [2.24, 2.45) is 5.92 Å². The van der Waals surface area contributed by atoms with Crippen molar-refractivity contribution in [2.45, 2.75) is 52.4 Å². The van der Waals surface area contributed by atoms with E-state index in [1.807, 2.05) is 0 Å². The van der Waals surface area contributed by atoms with Gasteiger partial charge in [0.15, 0.2) is 0 Å². The number of benzene rings is 1. The third-order valence-electron chi connectivity index (χ3n) is 4.43. The Morgan fingerprint density at radius 2 is 2.07 bits per heavy atom. The molecule has 1 aliphatic carbocycles. The van der Waals surface area contributed by atoms with E-state index in [1.165, 1.54) is 24.8 Å². The summed E-state index contributed by atoms with van der Waals surface area (Å²) in [6.45, 7) is 9.38. The van der Waals surface area contributed by atoms with Gasteiger partial charge in [-0.3, -0.25) is 0 Å². The first kappa shape index (κ1) is 10.7. The Hall–Kier alpha value is -0.780. The molecule has 82 valence electrons. The van der Waals surface area contributed by atoms with Gasteiger partial charge in [-0.25, -0.2) is 0 Å². The maximum atomic E-state index is 2.38. The van der Waals surface area contributed by atoms with Crippen LogP contribution in [-0.2, 0) is 11.8 Å². The molecule has 1 unspecified atom stereocenters. The Morgan fingerprint density at radius 3 is 2.67 bits per heavy atom. The van der Waals surface area contributed by atoms with Crippen LogP contribution in [0.4, 0.5) is 0 Å². The minimum Gasteiger partial charge on any atom is -0.0645 e. The molecule has 0 heteroatoms. The predicted molar refractivity (Wildman–Crippen MR) is 66.3 cm³/mol. The molecule has 2 rings (SSSR count). The molecular weight excluding hydrogens is 180 g/mol. The molecule has 0 fully saturated rings. The van der Waals surface area contributed by atoms with Gasteiger partial charge in [0.05, 0.1) is 0 Å². The minimum absolute atomic E-state index is 0.459. The van der Waals surface area contributed by atoms with Gasteiger partial charge < -0.3 is 0 Å². The molecule has 0 amide bonds. The van der Waals surface area contributed by atoms with Crippen molar-refractivity contribution in [2.75, 3.05) is 0 Å². The molecule has 0 heterocycles. The van der Waals surface area contributed by atoms with Gasteiger partial charge in [-0.2, -0.15) is 0 Å². The topological polar surface area (TPSA) is 0 Å². The van der Waals surface area contributed by atoms with Crippen LogP contribution in [0.1, 0.15) is 50.3 Å². The van der Waals surface area contributed by atoms with E-state index < -0.39 is 0 Å². The van der Waals surface area contributed by atoms with Crippen molar-refractivity contribution in [1.82, 2.24) is 0 Å². The summed E-state index contributed by atoms with van der Waals surface area (Å²) in [6, 6.07) is 6.80. The summed E-state index contributed by atoms with van der Waals surface area (Å²) in [5.74, 6) is 0.754. The lowest BCUT2D eigenvalue weighted by Gasteiger charge is -2.35. The standard InChI is InChI=1S/C15H22/c1-5-15(11(2)3)10-9-13-8-6-7-12(4)14(13)15/h6-8,11H,5,9-10H2,1-4H3. The van der Waals surface area contributed by atoms with Gasteiger partial charge >= 0.3 is 0 Å². The molecule has 0 spiro atoms. The van der Waals surface area contributed by atoms with Gasteiger partial charge in [0.25, 0.3) is 0 Å². The summed E-state index contributed by atoms with van der Waals surface area (Å²) in [7, 11) is 0. The fourth-order valence-corrected chi connectivity index (χ4v) is 3.47. The quantitative estimate of drug-likeness (QED) is 0.672. The minimum atomic E-state index is 0.459.